The third-order valence-corrected chi connectivity index (χ3v) is 2.31. The summed E-state index contributed by atoms with van der Waals surface area (Å²) in [7, 11) is 4.11. The molecule has 0 aromatic carbocycles. The van der Waals surface area contributed by atoms with Gasteiger partial charge in [0.1, 0.15) is 0 Å². The molecule has 0 aromatic heterocycles. The Balaban J connectivity index is 3.55. The minimum atomic E-state index is -0.0964. The van der Waals surface area contributed by atoms with Crippen LogP contribution in [-0.4, -0.2) is 50.6 Å². The van der Waals surface area contributed by atoms with E-state index in [1.165, 1.54) is 0 Å². The van der Waals surface area contributed by atoms with Crippen LogP contribution in [0.25, 0.3) is 0 Å². The van der Waals surface area contributed by atoms with Crippen LogP contribution in [-0.2, 0) is 4.79 Å². The first-order chi connectivity index (χ1) is 7.43. The van der Waals surface area contributed by atoms with Crippen LogP contribution in [0, 0.1) is 5.92 Å². The lowest BCUT2D eigenvalue weighted by Crippen LogP contribution is -2.43. The normalized spacial score (nSPS) is 13.2. The number of rotatable bonds is 8. The zero-order valence-corrected chi connectivity index (χ0v) is 11.3. The van der Waals surface area contributed by atoms with Crippen LogP contribution >= 0.6 is 0 Å². The molecule has 0 heterocycles. The van der Waals surface area contributed by atoms with Crippen molar-refractivity contribution in [2.45, 2.75) is 33.2 Å². The van der Waals surface area contributed by atoms with E-state index in [4.69, 9.17) is 0 Å². The molecular formula is C12H27N3O. The average molecular weight is 229 g/mol. The molecule has 0 saturated carbocycles. The number of nitrogens with one attached hydrogen (secondary N) is 2. The summed E-state index contributed by atoms with van der Waals surface area (Å²) >= 11 is 0. The molecule has 0 aliphatic heterocycles. The van der Waals surface area contributed by atoms with Crippen molar-refractivity contribution < 1.29 is 4.79 Å². The summed E-state index contributed by atoms with van der Waals surface area (Å²) in [5.74, 6) is 0.600. The van der Waals surface area contributed by atoms with Crippen LogP contribution in [0.1, 0.15) is 27.2 Å². The smallest absolute Gasteiger partial charge is 0.236 e. The molecule has 2 N–H and O–H groups in total. The molecule has 4 heteroatoms. The number of hydrogen-bond acceptors (Lipinski definition) is 3. The minimum absolute atomic E-state index is 0.0959. The Kier molecular flexibility index (Phi) is 8.21. The second-order valence-corrected chi connectivity index (χ2v) is 4.97. The Morgan fingerprint density at radius 1 is 1.25 bits per heavy atom. The molecule has 0 radical (unpaired) electrons. The maximum Gasteiger partial charge on any atom is 0.236 e. The number of nitrogens with zero attached hydrogens (tertiary/aromatic N) is 1. The van der Waals surface area contributed by atoms with Gasteiger partial charge >= 0.3 is 0 Å². The molecule has 1 atom stereocenters. The summed E-state index contributed by atoms with van der Waals surface area (Å²) in [6.45, 7) is 8.78. The third kappa shape index (κ3) is 8.68. The minimum Gasteiger partial charge on any atom is -0.354 e. The van der Waals surface area contributed by atoms with E-state index < -0.39 is 0 Å². The van der Waals surface area contributed by atoms with E-state index >= 15 is 0 Å². The molecule has 1 amide bonds. The zero-order valence-electron chi connectivity index (χ0n) is 11.3. The fourth-order valence-corrected chi connectivity index (χ4v) is 1.26. The van der Waals surface area contributed by atoms with Crippen molar-refractivity contribution in [3.05, 3.63) is 0 Å². The van der Waals surface area contributed by atoms with Crippen molar-refractivity contribution in [1.82, 2.24) is 15.5 Å². The Morgan fingerprint density at radius 2 is 1.88 bits per heavy atom. The molecule has 4 nitrogen and oxygen atoms in total. The molecule has 0 aliphatic carbocycles. The van der Waals surface area contributed by atoms with Gasteiger partial charge in [0.05, 0.1) is 6.04 Å². The van der Waals surface area contributed by atoms with Gasteiger partial charge in [-0.15, -0.1) is 0 Å². The average Bonchev–Trinajstić information content (AvgIpc) is 2.20. The van der Waals surface area contributed by atoms with Crippen LogP contribution in [0.3, 0.4) is 0 Å². The largest absolute Gasteiger partial charge is 0.354 e. The molecule has 0 spiro atoms. The van der Waals surface area contributed by atoms with Gasteiger partial charge in [-0.25, -0.2) is 0 Å². The molecule has 96 valence electrons. The van der Waals surface area contributed by atoms with Gasteiger partial charge < -0.3 is 15.5 Å². The van der Waals surface area contributed by atoms with Crippen molar-refractivity contribution in [3.63, 3.8) is 0 Å². The van der Waals surface area contributed by atoms with Gasteiger partial charge in [-0.05, 0) is 46.4 Å². The van der Waals surface area contributed by atoms with Gasteiger partial charge in [-0.3, -0.25) is 4.79 Å². The van der Waals surface area contributed by atoms with Gasteiger partial charge in [0.15, 0.2) is 0 Å². The second kappa shape index (κ2) is 8.53. The highest BCUT2D eigenvalue weighted by molar-refractivity contribution is 5.81. The van der Waals surface area contributed by atoms with Crippen LogP contribution in [0.2, 0.25) is 0 Å². The predicted octanol–water partition coefficient (Wildman–Crippen LogP) is 0.688. The molecule has 16 heavy (non-hydrogen) atoms. The summed E-state index contributed by atoms with van der Waals surface area (Å²) in [6, 6.07) is -0.0964. The molecule has 0 saturated heterocycles. The molecular weight excluding hydrogens is 202 g/mol. The lowest BCUT2D eigenvalue weighted by molar-refractivity contribution is -0.122. The van der Waals surface area contributed by atoms with Crippen molar-refractivity contribution in [2.75, 3.05) is 33.7 Å². The Labute approximate surface area is 99.8 Å². The quantitative estimate of drug-likeness (QED) is 0.602. The molecule has 0 aliphatic rings. The highest BCUT2D eigenvalue weighted by atomic mass is 16.2. The third-order valence-electron chi connectivity index (χ3n) is 2.31. The lowest BCUT2D eigenvalue weighted by atomic mass is 10.2. The van der Waals surface area contributed by atoms with Crippen LogP contribution < -0.4 is 10.6 Å². The summed E-state index contributed by atoms with van der Waals surface area (Å²) in [5, 5.41) is 6.14. The van der Waals surface area contributed by atoms with Gasteiger partial charge in [-0.2, -0.15) is 0 Å². The number of carbonyl (C=O) groups is 1. The zero-order chi connectivity index (χ0) is 12.6. The topological polar surface area (TPSA) is 44.4 Å². The Morgan fingerprint density at radius 3 is 2.38 bits per heavy atom. The van der Waals surface area contributed by atoms with Crippen LogP contribution in [0.4, 0.5) is 0 Å². The summed E-state index contributed by atoms with van der Waals surface area (Å²) in [5.41, 5.74) is 0. The van der Waals surface area contributed by atoms with E-state index in [2.05, 4.69) is 43.5 Å². The standard InChI is InChI=1S/C12H27N3O/c1-10(2)9-14-12(16)11(3)13-7-6-8-15(4)5/h10-11,13H,6-9H2,1-5H3,(H,14,16). The maximum atomic E-state index is 11.6. The first-order valence-corrected chi connectivity index (χ1v) is 6.09. The van der Waals surface area contributed by atoms with Gasteiger partial charge in [0.2, 0.25) is 5.91 Å². The van der Waals surface area contributed by atoms with Crippen molar-refractivity contribution in [2.24, 2.45) is 5.92 Å². The summed E-state index contributed by atoms with van der Waals surface area (Å²) < 4.78 is 0. The van der Waals surface area contributed by atoms with E-state index in [0.29, 0.717) is 5.92 Å². The second-order valence-electron chi connectivity index (χ2n) is 4.97. The number of hydrogen-bond donors (Lipinski definition) is 2. The van der Waals surface area contributed by atoms with Gasteiger partial charge in [-0.1, -0.05) is 13.8 Å². The van der Waals surface area contributed by atoms with E-state index in [1.807, 2.05) is 6.92 Å². The van der Waals surface area contributed by atoms with E-state index in [9.17, 15) is 4.79 Å². The summed E-state index contributed by atoms with van der Waals surface area (Å²) in [4.78, 5) is 13.7. The Hall–Kier alpha value is -0.610. The highest BCUT2D eigenvalue weighted by Gasteiger charge is 2.11. The Bertz CT molecular complexity index is 193. The van der Waals surface area contributed by atoms with E-state index in [0.717, 1.165) is 26.1 Å². The predicted molar refractivity (Wildman–Crippen MR) is 68.5 cm³/mol. The van der Waals surface area contributed by atoms with Crippen molar-refractivity contribution in [1.29, 1.82) is 0 Å². The van der Waals surface area contributed by atoms with Crippen molar-refractivity contribution in [3.8, 4) is 0 Å². The van der Waals surface area contributed by atoms with Gasteiger partial charge in [0.25, 0.3) is 0 Å². The molecule has 0 rings (SSSR count). The fourth-order valence-electron chi connectivity index (χ4n) is 1.26. The molecule has 1 unspecified atom stereocenters. The molecule has 0 bridgehead atoms. The van der Waals surface area contributed by atoms with E-state index in [-0.39, 0.29) is 11.9 Å². The van der Waals surface area contributed by atoms with Crippen LogP contribution in [0.5, 0.6) is 0 Å². The number of carbonyl (C=O) groups excluding carboxylic acids is 1. The number of amides is 1. The van der Waals surface area contributed by atoms with E-state index in [1.54, 1.807) is 0 Å². The van der Waals surface area contributed by atoms with Crippen LogP contribution in [0.15, 0.2) is 0 Å². The SMILES string of the molecule is CC(C)CNC(=O)C(C)NCCCN(C)C. The molecule has 0 fully saturated rings. The van der Waals surface area contributed by atoms with Crippen molar-refractivity contribution >= 4 is 5.91 Å². The first kappa shape index (κ1) is 15.4. The molecule has 0 aromatic rings. The highest BCUT2D eigenvalue weighted by Crippen LogP contribution is 1.90. The maximum absolute atomic E-state index is 11.6. The monoisotopic (exact) mass is 229 g/mol. The fraction of sp³-hybridized carbons (Fsp3) is 0.917. The van der Waals surface area contributed by atoms with Gasteiger partial charge in [0, 0.05) is 6.54 Å². The first-order valence-electron chi connectivity index (χ1n) is 6.09. The lowest BCUT2D eigenvalue weighted by Gasteiger charge is -2.16. The summed E-state index contributed by atoms with van der Waals surface area (Å²) in [6.07, 6.45) is 1.06.